The van der Waals surface area contributed by atoms with E-state index in [2.05, 4.69) is 49.9 Å². The number of Topliss-reactive ketones (excluding diaryl/α,β-unsaturated/α-hetero) is 1. The van der Waals surface area contributed by atoms with Crippen molar-refractivity contribution in [1.29, 1.82) is 0 Å². The summed E-state index contributed by atoms with van der Waals surface area (Å²) in [6.07, 6.45) is 6.23. The Labute approximate surface area is 154 Å². The van der Waals surface area contributed by atoms with E-state index in [9.17, 15) is 4.79 Å². The van der Waals surface area contributed by atoms with Crippen LogP contribution < -0.4 is 0 Å². The van der Waals surface area contributed by atoms with Gasteiger partial charge in [-0.1, -0.05) is 26.0 Å². The number of benzene rings is 1. The molecule has 1 heterocycles. The van der Waals surface area contributed by atoms with Crippen LogP contribution in [0.25, 0.3) is 0 Å². The highest BCUT2D eigenvalue weighted by atomic mass is 16.1. The van der Waals surface area contributed by atoms with Gasteiger partial charge >= 0.3 is 0 Å². The van der Waals surface area contributed by atoms with E-state index in [1.54, 1.807) is 0 Å². The van der Waals surface area contributed by atoms with Gasteiger partial charge in [-0.2, -0.15) is 0 Å². The number of nitrogens with zero attached hydrogens (tertiary/aromatic N) is 2. The van der Waals surface area contributed by atoms with E-state index in [1.807, 2.05) is 6.07 Å². The van der Waals surface area contributed by atoms with E-state index in [-0.39, 0.29) is 0 Å². The van der Waals surface area contributed by atoms with Crippen molar-refractivity contribution in [2.45, 2.75) is 52.4 Å². The van der Waals surface area contributed by atoms with Crippen LogP contribution in [-0.2, 0) is 12.8 Å². The maximum absolute atomic E-state index is 12.6. The first-order chi connectivity index (χ1) is 12.0. The molecule has 0 saturated heterocycles. The number of rotatable bonds is 9. The molecule has 0 radical (unpaired) electrons. The molecule has 0 aliphatic carbocycles. The Bertz CT molecular complexity index is 555. The fourth-order valence-corrected chi connectivity index (χ4v) is 3.61. The van der Waals surface area contributed by atoms with Crippen molar-refractivity contribution in [2.75, 3.05) is 40.3 Å². The molecule has 25 heavy (non-hydrogen) atoms. The summed E-state index contributed by atoms with van der Waals surface area (Å²) in [6, 6.07) is 6.40. The number of carbonyl (C=O) groups excluding carboxylic acids is 1. The van der Waals surface area contributed by atoms with Crippen LogP contribution in [0.1, 0.15) is 61.0 Å². The van der Waals surface area contributed by atoms with Crippen LogP contribution >= 0.6 is 0 Å². The number of hydrogen-bond acceptors (Lipinski definition) is 3. The Morgan fingerprint density at radius 3 is 2.60 bits per heavy atom. The van der Waals surface area contributed by atoms with Crippen LogP contribution in [0.3, 0.4) is 0 Å². The van der Waals surface area contributed by atoms with E-state index in [4.69, 9.17) is 0 Å². The Balaban J connectivity index is 1.83. The van der Waals surface area contributed by atoms with Gasteiger partial charge in [0.05, 0.1) is 0 Å². The van der Waals surface area contributed by atoms with Gasteiger partial charge in [-0.3, -0.25) is 4.79 Å². The molecule has 0 saturated carbocycles. The third-order valence-corrected chi connectivity index (χ3v) is 5.53. The smallest absolute Gasteiger partial charge is 0.162 e. The molecule has 1 aromatic rings. The quantitative estimate of drug-likeness (QED) is 0.632. The number of likely N-dealkylation sites (N-methyl/N-ethyl adjacent to an activating group) is 1. The predicted molar refractivity (Wildman–Crippen MR) is 106 cm³/mol. The molecule has 3 heteroatoms. The molecule has 0 amide bonds. The van der Waals surface area contributed by atoms with E-state index in [0.717, 1.165) is 51.0 Å². The average Bonchev–Trinajstić information content (AvgIpc) is 2.79. The fourth-order valence-electron chi connectivity index (χ4n) is 3.61. The van der Waals surface area contributed by atoms with Gasteiger partial charge in [0.15, 0.2) is 5.78 Å². The van der Waals surface area contributed by atoms with Crippen molar-refractivity contribution < 1.29 is 4.79 Å². The summed E-state index contributed by atoms with van der Waals surface area (Å²) >= 11 is 0. The Kier molecular flexibility index (Phi) is 8.11. The lowest BCUT2D eigenvalue weighted by Crippen LogP contribution is -2.22. The standard InChI is InChI=1S/C22H36N2O/c1-5-13-23(3)14-10-18(2)6-9-22(25)21-8-7-19-11-15-24(4)16-12-20(19)17-21/h7-8,17-18H,5-6,9-16H2,1-4H3. The third kappa shape index (κ3) is 6.56. The lowest BCUT2D eigenvalue weighted by molar-refractivity contribution is 0.0973. The zero-order valence-electron chi connectivity index (χ0n) is 16.7. The number of ketones is 1. The minimum absolute atomic E-state index is 0.314. The first-order valence-electron chi connectivity index (χ1n) is 10.0. The molecule has 1 unspecified atom stereocenters. The monoisotopic (exact) mass is 344 g/mol. The number of carbonyl (C=O) groups is 1. The van der Waals surface area contributed by atoms with Gasteiger partial charge in [0, 0.05) is 25.1 Å². The summed E-state index contributed by atoms with van der Waals surface area (Å²) in [6.45, 7) is 9.00. The Morgan fingerprint density at radius 2 is 1.88 bits per heavy atom. The summed E-state index contributed by atoms with van der Waals surface area (Å²) < 4.78 is 0. The second kappa shape index (κ2) is 10.1. The minimum atomic E-state index is 0.314. The number of fused-ring (bicyclic) bond motifs is 1. The van der Waals surface area contributed by atoms with E-state index in [0.29, 0.717) is 18.1 Å². The van der Waals surface area contributed by atoms with Crippen LogP contribution in [0.5, 0.6) is 0 Å². The third-order valence-electron chi connectivity index (χ3n) is 5.53. The van der Waals surface area contributed by atoms with Gasteiger partial charge in [-0.15, -0.1) is 0 Å². The summed E-state index contributed by atoms with van der Waals surface area (Å²) in [5.74, 6) is 0.923. The molecular formula is C22H36N2O. The summed E-state index contributed by atoms with van der Waals surface area (Å²) in [5.41, 5.74) is 3.72. The number of hydrogen-bond donors (Lipinski definition) is 0. The van der Waals surface area contributed by atoms with E-state index < -0.39 is 0 Å². The highest BCUT2D eigenvalue weighted by Gasteiger charge is 2.15. The zero-order valence-corrected chi connectivity index (χ0v) is 16.7. The molecule has 1 atom stereocenters. The first-order valence-corrected chi connectivity index (χ1v) is 10.0. The van der Waals surface area contributed by atoms with Crippen LogP contribution in [0, 0.1) is 5.92 Å². The van der Waals surface area contributed by atoms with Crippen molar-refractivity contribution in [1.82, 2.24) is 9.80 Å². The lowest BCUT2D eigenvalue weighted by Gasteiger charge is -2.18. The second-order valence-corrected chi connectivity index (χ2v) is 7.95. The maximum atomic E-state index is 12.6. The van der Waals surface area contributed by atoms with Crippen LogP contribution in [0.15, 0.2) is 18.2 Å². The summed E-state index contributed by atoms with van der Waals surface area (Å²) in [5, 5.41) is 0. The topological polar surface area (TPSA) is 23.6 Å². The molecule has 0 spiro atoms. The molecule has 140 valence electrons. The summed E-state index contributed by atoms with van der Waals surface area (Å²) in [4.78, 5) is 17.4. The molecule has 3 nitrogen and oxygen atoms in total. The fraction of sp³-hybridized carbons (Fsp3) is 0.682. The Morgan fingerprint density at radius 1 is 1.16 bits per heavy atom. The molecule has 0 N–H and O–H groups in total. The lowest BCUT2D eigenvalue weighted by atomic mass is 9.94. The normalized spacial score (nSPS) is 16.5. The second-order valence-electron chi connectivity index (χ2n) is 7.95. The molecule has 1 aliphatic heterocycles. The van der Waals surface area contributed by atoms with Crippen molar-refractivity contribution in [2.24, 2.45) is 5.92 Å². The van der Waals surface area contributed by atoms with Crippen molar-refractivity contribution in [3.8, 4) is 0 Å². The maximum Gasteiger partial charge on any atom is 0.162 e. The van der Waals surface area contributed by atoms with Crippen molar-refractivity contribution >= 4 is 5.78 Å². The zero-order chi connectivity index (χ0) is 18.2. The highest BCUT2D eigenvalue weighted by Crippen LogP contribution is 2.20. The molecule has 0 fully saturated rings. The first kappa shape index (κ1) is 20.1. The largest absolute Gasteiger partial charge is 0.306 e. The molecule has 0 aromatic heterocycles. The van der Waals surface area contributed by atoms with Gasteiger partial charge in [0.1, 0.15) is 0 Å². The average molecular weight is 345 g/mol. The van der Waals surface area contributed by atoms with E-state index >= 15 is 0 Å². The molecule has 1 aromatic carbocycles. The van der Waals surface area contributed by atoms with Gasteiger partial charge < -0.3 is 9.80 Å². The molecule has 2 rings (SSSR count). The van der Waals surface area contributed by atoms with Crippen molar-refractivity contribution in [3.63, 3.8) is 0 Å². The Hall–Kier alpha value is -1.19. The minimum Gasteiger partial charge on any atom is -0.306 e. The van der Waals surface area contributed by atoms with Crippen LogP contribution in [-0.4, -0.2) is 55.9 Å². The van der Waals surface area contributed by atoms with Gasteiger partial charge in [0.2, 0.25) is 0 Å². The molecule has 1 aliphatic rings. The van der Waals surface area contributed by atoms with Gasteiger partial charge in [0.25, 0.3) is 0 Å². The molecule has 0 bridgehead atoms. The van der Waals surface area contributed by atoms with Crippen LogP contribution in [0.4, 0.5) is 0 Å². The summed E-state index contributed by atoms with van der Waals surface area (Å²) in [7, 11) is 4.37. The van der Waals surface area contributed by atoms with Gasteiger partial charge in [-0.25, -0.2) is 0 Å². The van der Waals surface area contributed by atoms with Crippen LogP contribution in [0.2, 0.25) is 0 Å². The SMILES string of the molecule is CCCN(C)CCC(C)CCC(=O)c1ccc2c(c1)CCN(C)CC2. The van der Waals surface area contributed by atoms with Crippen molar-refractivity contribution in [3.05, 3.63) is 34.9 Å². The predicted octanol–water partition coefficient (Wildman–Crippen LogP) is 4.05. The van der Waals surface area contributed by atoms with Gasteiger partial charge in [-0.05, 0) is 82.4 Å². The van der Waals surface area contributed by atoms with E-state index in [1.165, 1.54) is 24.0 Å². The molecular weight excluding hydrogens is 308 g/mol. The highest BCUT2D eigenvalue weighted by molar-refractivity contribution is 5.96.